The molecule has 0 aliphatic carbocycles. The lowest BCUT2D eigenvalue weighted by molar-refractivity contribution is -0.138. The summed E-state index contributed by atoms with van der Waals surface area (Å²) in [5.74, 6) is -0.0884. The highest BCUT2D eigenvalue weighted by Gasteiger charge is 2.41. The Balaban J connectivity index is 0.00000106. The van der Waals surface area contributed by atoms with Crippen molar-refractivity contribution in [2.45, 2.75) is 46.4 Å². The third-order valence-electron chi connectivity index (χ3n) is 3.16. The van der Waals surface area contributed by atoms with Crippen LogP contribution < -0.4 is 9.64 Å². The highest BCUT2D eigenvalue weighted by Crippen LogP contribution is 2.42. The molecular formula is C15H20F3NO2. The SMILES string of the molecule is CC.Cc1cc2c(cc1C(F)(F)F)N(C)C(=O)C(C)(C)O2. The van der Waals surface area contributed by atoms with Gasteiger partial charge < -0.3 is 9.64 Å². The summed E-state index contributed by atoms with van der Waals surface area (Å²) in [4.78, 5) is 13.2. The first kappa shape index (κ1) is 17.3. The third kappa shape index (κ3) is 3.14. The third-order valence-corrected chi connectivity index (χ3v) is 3.16. The molecule has 0 fully saturated rings. The molecule has 0 aromatic heterocycles. The molecule has 0 N–H and O–H groups in total. The maximum atomic E-state index is 12.9. The van der Waals surface area contributed by atoms with E-state index >= 15 is 0 Å². The van der Waals surface area contributed by atoms with Gasteiger partial charge in [-0.15, -0.1) is 0 Å². The Labute approximate surface area is 122 Å². The van der Waals surface area contributed by atoms with Crippen molar-refractivity contribution in [2.75, 3.05) is 11.9 Å². The zero-order chi connectivity index (χ0) is 16.6. The standard InChI is InChI=1S/C13H14F3NO2.C2H6/c1-7-5-10-9(6-8(7)13(14,15)16)17(4)11(18)12(2,3)19-10;1-2/h5-6H,1-4H3;1-2H3. The van der Waals surface area contributed by atoms with Crippen LogP contribution in [0.1, 0.15) is 38.8 Å². The average Bonchev–Trinajstić information content (AvgIpc) is 2.36. The van der Waals surface area contributed by atoms with Crippen molar-refractivity contribution < 1.29 is 22.7 Å². The molecule has 1 amide bonds. The second kappa shape index (κ2) is 5.58. The number of likely N-dealkylation sites (N-methyl/N-ethyl adjacent to an activating group) is 1. The second-order valence-corrected chi connectivity index (χ2v) is 5.11. The summed E-state index contributed by atoms with van der Waals surface area (Å²) in [5.41, 5.74) is -1.62. The van der Waals surface area contributed by atoms with Crippen LogP contribution in [0.25, 0.3) is 0 Å². The predicted molar refractivity (Wildman–Crippen MR) is 75.6 cm³/mol. The number of carbonyl (C=O) groups is 1. The molecular weight excluding hydrogens is 283 g/mol. The Morgan fingerprint density at radius 1 is 1.19 bits per heavy atom. The quantitative estimate of drug-likeness (QED) is 0.720. The van der Waals surface area contributed by atoms with Gasteiger partial charge in [-0.1, -0.05) is 13.8 Å². The number of fused-ring (bicyclic) bond motifs is 1. The number of rotatable bonds is 0. The molecule has 0 bridgehead atoms. The molecule has 0 spiro atoms. The van der Waals surface area contributed by atoms with Crippen molar-refractivity contribution in [3.8, 4) is 5.75 Å². The fraction of sp³-hybridized carbons (Fsp3) is 0.533. The molecule has 0 saturated carbocycles. The van der Waals surface area contributed by atoms with E-state index in [1.54, 1.807) is 13.8 Å². The Kier molecular flexibility index (Phi) is 4.60. The number of ether oxygens (including phenoxy) is 1. The number of nitrogens with zero attached hydrogens (tertiary/aromatic N) is 1. The first-order valence-corrected chi connectivity index (χ1v) is 6.73. The molecule has 3 nitrogen and oxygen atoms in total. The van der Waals surface area contributed by atoms with Gasteiger partial charge in [-0.3, -0.25) is 4.79 Å². The monoisotopic (exact) mass is 303 g/mol. The van der Waals surface area contributed by atoms with Crippen molar-refractivity contribution in [1.29, 1.82) is 0 Å². The Morgan fingerprint density at radius 2 is 1.71 bits per heavy atom. The van der Waals surface area contributed by atoms with E-state index in [4.69, 9.17) is 4.74 Å². The lowest BCUT2D eigenvalue weighted by Gasteiger charge is -2.37. The number of carbonyl (C=O) groups excluding carboxylic acids is 1. The van der Waals surface area contributed by atoms with E-state index in [9.17, 15) is 18.0 Å². The molecule has 1 heterocycles. The van der Waals surface area contributed by atoms with Crippen molar-refractivity contribution in [3.63, 3.8) is 0 Å². The highest BCUT2D eigenvalue weighted by molar-refractivity contribution is 6.02. The molecule has 1 aromatic carbocycles. The minimum absolute atomic E-state index is 0.0739. The summed E-state index contributed by atoms with van der Waals surface area (Å²) in [6.07, 6.45) is -4.45. The molecule has 1 aliphatic rings. The number of halogens is 3. The number of alkyl halides is 3. The molecule has 1 aromatic rings. The maximum absolute atomic E-state index is 12.9. The van der Waals surface area contributed by atoms with Crippen LogP contribution in [0.5, 0.6) is 5.75 Å². The first-order chi connectivity index (χ1) is 9.54. The van der Waals surface area contributed by atoms with Crippen LogP contribution in [0.4, 0.5) is 18.9 Å². The van der Waals surface area contributed by atoms with Crippen LogP contribution in [0.2, 0.25) is 0 Å². The van der Waals surface area contributed by atoms with E-state index in [0.717, 1.165) is 6.07 Å². The van der Waals surface area contributed by atoms with Gasteiger partial charge in [-0.25, -0.2) is 0 Å². The zero-order valence-corrected chi connectivity index (χ0v) is 13.1. The van der Waals surface area contributed by atoms with E-state index in [1.807, 2.05) is 13.8 Å². The number of aryl methyl sites for hydroxylation is 1. The lowest BCUT2D eigenvalue weighted by Crippen LogP contribution is -2.51. The lowest BCUT2D eigenvalue weighted by atomic mass is 10.0. The summed E-state index contributed by atoms with van der Waals surface area (Å²) in [5, 5.41) is 0. The van der Waals surface area contributed by atoms with Crippen LogP contribution in [0.15, 0.2) is 12.1 Å². The number of anilines is 1. The highest BCUT2D eigenvalue weighted by atomic mass is 19.4. The smallest absolute Gasteiger partial charge is 0.416 e. The van der Waals surface area contributed by atoms with Crippen LogP contribution in [0.3, 0.4) is 0 Å². The van der Waals surface area contributed by atoms with Gasteiger partial charge in [0.2, 0.25) is 0 Å². The van der Waals surface area contributed by atoms with Gasteiger partial charge >= 0.3 is 6.18 Å². The minimum Gasteiger partial charge on any atom is -0.476 e. The number of hydrogen-bond donors (Lipinski definition) is 0. The van der Waals surface area contributed by atoms with Crippen LogP contribution in [0, 0.1) is 6.92 Å². The molecule has 0 unspecified atom stereocenters. The Bertz CT molecular complexity index is 551. The molecule has 0 saturated heterocycles. The van der Waals surface area contributed by atoms with E-state index in [-0.39, 0.29) is 22.9 Å². The van der Waals surface area contributed by atoms with Gasteiger partial charge in [0, 0.05) is 7.05 Å². The van der Waals surface area contributed by atoms with Gasteiger partial charge in [-0.2, -0.15) is 13.2 Å². The topological polar surface area (TPSA) is 29.5 Å². The van der Waals surface area contributed by atoms with Crippen LogP contribution >= 0.6 is 0 Å². The Hall–Kier alpha value is -1.72. The summed E-state index contributed by atoms with van der Waals surface area (Å²) < 4.78 is 44.0. The molecule has 2 rings (SSSR count). The largest absolute Gasteiger partial charge is 0.476 e. The summed E-state index contributed by atoms with van der Waals surface area (Å²) in [6.45, 7) is 8.54. The van der Waals surface area contributed by atoms with Gasteiger partial charge in [-0.05, 0) is 38.5 Å². The van der Waals surface area contributed by atoms with E-state index in [0.29, 0.717) is 0 Å². The summed E-state index contributed by atoms with van der Waals surface area (Å²) in [7, 11) is 1.45. The van der Waals surface area contributed by atoms with E-state index in [2.05, 4.69) is 0 Å². The summed E-state index contributed by atoms with van der Waals surface area (Å²) >= 11 is 0. The molecule has 6 heteroatoms. The van der Waals surface area contributed by atoms with Crippen LogP contribution in [-0.4, -0.2) is 18.6 Å². The van der Waals surface area contributed by atoms with Gasteiger partial charge in [0.1, 0.15) is 5.75 Å². The normalized spacial score (nSPS) is 16.6. The predicted octanol–water partition coefficient (Wildman–Crippen LogP) is 4.17. The molecule has 118 valence electrons. The number of hydrogen-bond acceptors (Lipinski definition) is 2. The van der Waals surface area contributed by atoms with E-state index < -0.39 is 17.3 Å². The van der Waals surface area contributed by atoms with E-state index in [1.165, 1.54) is 24.9 Å². The van der Waals surface area contributed by atoms with Crippen molar-refractivity contribution in [3.05, 3.63) is 23.3 Å². The minimum atomic E-state index is -4.45. The fourth-order valence-corrected chi connectivity index (χ4v) is 2.15. The molecule has 21 heavy (non-hydrogen) atoms. The molecule has 1 aliphatic heterocycles. The van der Waals surface area contributed by atoms with Crippen molar-refractivity contribution in [1.82, 2.24) is 0 Å². The second-order valence-electron chi connectivity index (χ2n) is 5.11. The fourth-order valence-electron chi connectivity index (χ4n) is 2.15. The van der Waals surface area contributed by atoms with Gasteiger partial charge in [0.25, 0.3) is 5.91 Å². The molecule has 0 radical (unpaired) electrons. The zero-order valence-electron chi connectivity index (χ0n) is 13.1. The first-order valence-electron chi connectivity index (χ1n) is 6.73. The molecule has 0 atom stereocenters. The number of amides is 1. The Morgan fingerprint density at radius 3 is 2.19 bits per heavy atom. The van der Waals surface area contributed by atoms with Gasteiger partial charge in [0.05, 0.1) is 11.3 Å². The summed E-state index contributed by atoms with van der Waals surface area (Å²) in [6, 6.07) is 2.28. The maximum Gasteiger partial charge on any atom is 0.416 e. The number of benzene rings is 1. The van der Waals surface area contributed by atoms with Gasteiger partial charge in [0.15, 0.2) is 5.60 Å². The van der Waals surface area contributed by atoms with Crippen LogP contribution in [-0.2, 0) is 11.0 Å². The van der Waals surface area contributed by atoms with Crippen molar-refractivity contribution in [2.24, 2.45) is 0 Å². The van der Waals surface area contributed by atoms with Crippen molar-refractivity contribution >= 4 is 11.6 Å². The average molecular weight is 303 g/mol.